The third kappa shape index (κ3) is 2.94. The van der Waals surface area contributed by atoms with Gasteiger partial charge in [0.1, 0.15) is 10.8 Å². The summed E-state index contributed by atoms with van der Waals surface area (Å²) in [5.74, 6) is 1.75. The van der Waals surface area contributed by atoms with Crippen LogP contribution in [0.25, 0.3) is 0 Å². The lowest BCUT2D eigenvalue weighted by Crippen LogP contribution is -2.35. The molecule has 0 radical (unpaired) electrons. The van der Waals surface area contributed by atoms with E-state index < -0.39 is 0 Å². The Morgan fingerprint density at radius 1 is 1.53 bits per heavy atom. The highest BCUT2D eigenvalue weighted by molar-refractivity contribution is 7.80. The lowest BCUT2D eigenvalue weighted by atomic mass is 10.0. The highest BCUT2D eigenvalue weighted by Crippen LogP contribution is 2.22. The number of aryl methyl sites for hydroxylation is 1. The molecule has 1 atom stereocenters. The van der Waals surface area contributed by atoms with Crippen LogP contribution in [-0.4, -0.2) is 23.1 Å². The molecule has 1 fully saturated rings. The van der Waals surface area contributed by atoms with Crippen LogP contribution < -0.4 is 10.6 Å². The third-order valence-electron chi connectivity index (χ3n) is 3.21. The van der Waals surface area contributed by atoms with Gasteiger partial charge in [-0.1, -0.05) is 19.1 Å². The summed E-state index contributed by atoms with van der Waals surface area (Å²) in [4.78, 5) is 7.37. The number of nitrogens with zero attached hydrogens (tertiary/aromatic N) is 2. The summed E-state index contributed by atoms with van der Waals surface area (Å²) in [6.45, 7) is 6.43. The van der Waals surface area contributed by atoms with Gasteiger partial charge in [0.25, 0.3) is 0 Å². The highest BCUT2D eigenvalue weighted by Gasteiger charge is 2.18. The van der Waals surface area contributed by atoms with E-state index in [1.54, 1.807) is 0 Å². The first-order valence-electron chi connectivity index (χ1n) is 6.09. The molecule has 2 rings (SSSR count). The SMILES string of the molecule is Cc1cc(C(N)=S)cc(N2CCCC(C)C2)n1. The van der Waals surface area contributed by atoms with Crippen molar-refractivity contribution < 1.29 is 0 Å². The molecule has 0 saturated carbocycles. The molecule has 0 spiro atoms. The Balaban J connectivity index is 2.28. The van der Waals surface area contributed by atoms with Gasteiger partial charge < -0.3 is 10.6 Å². The zero-order chi connectivity index (χ0) is 12.4. The van der Waals surface area contributed by atoms with Crippen LogP contribution in [0.1, 0.15) is 31.0 Å². The van der Waals surface area contributed by atoms with Crippen LogP contribution in [0.5, 0.6) is 0 Å². The van der Waals surface area contributed by atoms with E-state index in [1.165, 1.54) is 12.8 Å². The van der Waals surface area contributed by atoms with Crippen LogP contribution in [0.4, 0.5) is 5.82 Å². The lowest BCUT2D eigenvalue weighted by Gasteiger charge is -2.32. The van der Waals surface area contributed by atoms with Gasteiger partial charge in [-0.2, -0.15) is 0 Å². The van der Waals surface area contributed by atoms with E-state index in [2.05, 4.69) is 16.8 Å². The topological polar surface area (TPSA) is 42.1 Å². The van der Waals surface area contributed by atoms with Crippen LogP contribution in [-0.2, 0) is 0 Å². The fraction of sp³-hybridized carbons (Fsp3) is 0.538. The number of thiocarbonyl (C=S) groups is 1. The summed E-state index contributed by atoms with van der Waals surface area (Å²) in [6.07, 6.45) is 2.55. The molecule has 3 nitrogen and oxygen atoms in total. The molecule has 0 aliphatic carbocycles. The summed E-state index contributed by atoms with van der Waals surface area (Å²) >= 11 is 5.04. The van der Waals surface area contributed by atoms with Crippen LogP contribution in [0, 0.1) is 12.8 Å². The Morgan fingerprint density at radius 2 is 2.29 bits per heavy atom. The molecule has 1 unspecified atom stereocenters. The number of hydrogen-bond acceptors (Lipinski definition) is 3. The van der Waals surface area contributed by atoms with E-state index in [9.17, 15) is 0 Å². The fourth-order valence-corrected chi connectivity index (χ4v) is 2.47. The van der Waals surface area contributed by atoms with Gasteiger partial charge in [0.05, 0.1) is 0 Å². The van der Waals surface area contributed by atoms with Crippen LogP contribution in [0.15, 0.2) is 12.1 Å². The van der Waals surface area contributed by atoms with Gasteiger partial charge >= 0.3 is 0 Å². The minimum Gasteiger partial charge on any atom is -0.389 e. The number of aromatic nitrogens is 1. The van der Waals surface area contributed by atoms with Gasteiger partial charge in [0.15, 0.2) is 0 Å². The maximum absolute atomic E-state index is 5.69. The quantitative estimate of drug-likeness (QED) is 0.816. The fourth-order valence-electron chi connectivity index (χ4n) is 2.35. The van der Waals surface area contributed by atoms with E-state index in [1.807, 2.05) is 19.1 Å². The number of rotatable bonds is 2. The van der Waals surface area contributed by atoms with Gasteiger partial charge in [-0.3, -0.25) is 0 Å². The zero-order valence-electron chi connectivity index (χ0n) is 10.4. The van der Waals surface area contributed by atoms with Crippen LogP contribution >= 0.6 is 12.2 Å². The maximum Gasteiger partial charge on any atom is 0.129 e. The lowest BCUT2D eigenvalue weighted by molar-refractivity contribution is 0.444. The standard InChI is InChI=1S/C13H19N3S/c1-9-4-3-5-16(8-9)12-7-11(13(14)17)6-10(2)15-12/h6-7,9H,3-5,8H2,1-2H3,(H2,14,17). The largest absolute Gasteiger partial charge is 0.389 e. The monoisotopic (exact) mass is 249 g/mol. The first-order valence-corrected chi connectivity index (χ1v) is 6.50. The molecular weight excluding hydrogens is 230 g/mol. The van der Waals surface area contributed by atoms with Crippen molar-refractivity contribution in [2.75, 3.05) is 18.0 Å². The Kier molecular flexibility index (Phi) is 3.62. The normalized spacial score (nSPS) is 20.4. The Hall–Kier alpha value is -1.16. The van der Waals surface area contributed by atoms with Crippen molar-refractivity contribution in [2.24, 2.45) is 11.7 Å². The van der Waals surface area contributed by atoms with Gasteiger partial charge in [-0.15, -0.1) is 0 Å². The number of piperidine rings is 1. The first-order chi connectivity index (χ1) is 8.06. The van der Waals surface area contributed by atoms with E-state index in [0.717, 1.165) is 36.1 Å². The molecule has 17 heavy (non-hydrogen) atoms. The average Bonchev–Trinajstić information content (AvgIpc) is 2.28. The molecule has 1 aromatic rings. The van der Waals surface area contributed by atoms with E-state index in [4.69, 9.17) is 18.0 Å². The van der Waals surface area contributed by atoms with Crippen molar-refractivity contribution in [3.8, 4) is 0 Å². The van der Waals surface area contributed by atoms with Crippen molar-refractivity contribution in [2.45, 2.75) is 26.7 Å². The minimum absolute atomic E-state index is 0.446. The smallest absolute Gasteiger partial charge is 0.129 e. The Bertz CT molecular complexity index is 431. The summed E-state index contributed by atoms with van der Waals surface area (Å²) in [5.41, 5.74) is 7.59. The predicted octanol–water partition coefficient (Wildman–Crippen LogP) is 2.26. The Morgan fingerprint density at radius 3 is 2.94 bits per heavy atom. The molecule has 4 heteroatoms. The van der Waals surface area contributed by atoms with Gasteiger partial charge in [0, 0.05) is 24.3 Å². The summed E-state index contributed by atoms with van der Waals surface area (Å²) in [7, 11) is 0. The molecule has 1 aliphatic rings. The van der Waals surface area contributed by atoms with Gasteiger partial charge in [-0.25, -0.2) is 4.98 Å². The number of hydrogen-bond donors (Lipinski definition) is 1. The van der Waals surface area contributed by atoms with Gasteiger partial charge in [-0.05, 0) is 37.8 Å². The predicted molar refractivity (Wildman–Crippen MR) is 75.5 cm³/mol. The highest BCUT2D eigenvalue weighted by atomic mass is 32.1. The number of nitrogens with two attached hydrogens (primary N) is 1. The third-order valence-corrected chi connectivity index (χ3v) is 3.44. The number of pyridine rings is 1. The molecular formula is C13H19N3S. The molecule has 1 saturated heterocycles. The van der Waals surface area contributed by atoms with E-state index in [0.29, 0.717) is 4.99 Å². The van der Waals surface area contributed by atoms with E-state index >= 15 is 0 Å². The maximum atomic E-state index is 5.69. The van der Waals surface area contributed by atoms with Gasteiger partial charge in [0.2, 0.25) is 0 Å². The summed E-state index contributed by atoms with van der Waals surface area (Å²) < 4.78 is 0. The molecule has 0 bridgehead atoms. The van der Waals surface area contributed by atoms with E-state index in [-0.39, 0.29) is 0 Å². The zero-order valence-corrected chi connectivity index (χ0v) is 11.3. The number of anilines is 1. The average molecular weight is 249 g/mol. The molecule has 0 aromatic carbocycles. The minimum atomic E-state index is 0.446. The molecule has 2 heterocycles. The molecule has 1 aliphatic heterocycles. The second kappa shape index (κ2) is 5.00. The van der Waals surface area contributed by atoms with Crippen molar-refractivity contribution in [1.29, 1.82) is 0 Å². The molecule has 0 amide bonds. The second-order valence-corrected chi connectivity index (χ2v) is 5.35. The first kappa shape index (κ1) is 12.3. The summed E-state index contributed by atoms with van der Waals surface area (Å²) in [6, 6.07) is 3.95. The van der Waals surface area contributed by atoms with Crippen LogP contribution in [0.2, 0.25) is 0 Å². The second-order valence-electron chi connectivity index (χ2n) is 4.91. The summed E-state index contributed by atoms with van der Waals surface area (Å²) in [5, 5.41) is 0. The molecule has 92 valence electrons. The van der Waals surface area contributed by atoms with Crippen LogP contribution in [0.3, 0.4) is 0 Å². The van der Waals surface area contributed by atoms with Crippen molar-refractivity contribution in [1.82, 2.24) is 4.98 Å². The Labute approximate surface area is 108 Å². The molecule has 1 aromatic heterocycles. The van der Waals surface area contributed by atoms with Crippen molar-refractivity contribution in [3.63, 3.8) is 0 Å². The van der Waals surface area contributed by atoms with Crippen molar-refractivity contribution in [3.05, 3.63) is 23.4 Å². The molecule has 2 N–H and O–H groups in total. The van der Waals surface area contributed by atoms with Crippen molar-refractivity contribution >= 4 is 23.0 Å².